The summed E-state index contributed by atoms with van der Waals surface area (Å²) in [7, 11) is 0. The zero-order chi connectivity index (χ0) is 7.94. The second-order valence-corrected chi connectivity index (χ2v) is 1.73. The van der Waals surface area contributed by atoms with Gasteiger partial charge in [-0.15, -0.1) is 0 Å². The van der Waals surface area contributed by atoms with E-state index in [1.807, 2.05) is 0 Å². The number of nitrogens with zero attached hydrogens (tertiary/aromatic N) is 1. The number of aromatic amines is 1. The molecule has 1 aromatic rings. The fraction of sp³-hybridized carbons (Fsp3) is 0.333. The Balaban J connectivity index is 0.000000112. The van der Waals surface area contributed by atoms with E-state index in [4.69, 9.17) is 0 Å². The minimum atomic E-state index is -0.407. The van der Waals surface area contributed by atoms with Gasteiger partial charge in [-0.25, -0.2) is 4.79 Å². The lowest BCUT2D eigenvalue weighted by molar-refractivity contribution is 0.361. The normalized spacial score (nSPS) is 13.5. The molecule has 0 aliphatic carbocycles. The van der Waals surface area contributed by atoms with Crippen LogP contribution in [0.5, 0.6) is 0 Å². The van der Waals surface area contributed by atoms with E-state index < -0.39 is 5.76 Å². The standard InChI is InChI=1S/C3H3NO2.C3H5NO/c5-3-4-1-2-6-3;1-2-5-3-4-1/h1-2H,(H,4,5);3H,1-2H2. The average molecular weight is 156 g/mol. The fourth-order valence-electron chi connectivity index (χ4n) is 0.495. The Morgan fingerprint density at radius 3 is 2.73 bits per heavy atom. The monoisotopic (exact) mass is 156 g/mol. The van der Waals surface area contributed by atoms with Crippen molar-refractivity contribution in [2.45, 2.75) is 0 Å². The number of hydrogen-bond acceptors (Lipinski definition) is 4. The van der Waals surface area contributed by atoms with Gasteiger partial charge in [-0.3, -0.25) is 9.98 Å². The lowest BCUT2D eigenvalue weighted by Gasteiger charge is -1.76. The number of aliphatic imine (C=N–C) groups is 1. The molecule has 5 heteroatoms. The summed E-state index contributed by atoms with van der Waals surface area (Å²) in [5, 5.41) is 0. The minimum absolute atomic E-state index is 0.407. The Morgan fingerprint density at radius 1 is 1.64 bits per heavy atom. The summed E-state index contributed by atoms with van der Waals surface area (Å²) in [6, 6.07) is 0. The third-order valence-corrected chi connectivity index (χ3v) is 0.932. The van der Waals surface area contributed by atoms with Gasteiger partial charge in [-0.05, 0) is 0 Å². The summed E-state index contributed by atoms with van der Waals surface area (Å²) in [6.45, 7) is 1.62. The van der Waals surface area contributed by atoms with E-state index >= 15 is 0 Å². The first-order valence-electron chi connectivity index (χ1n) is 3.11. The lowest BCUT2D eigenvalue weighted by atomic mass is 10.8. The van der Waals surface area contributed by atoms with E-state index in [1.165, 1.54) is 18.9 Å². The van der Waals surface area contributed by atoms with Crippen molar-refractivity contribution in [3.8, 4) is 0 Å². The Labute approximate surface area is 62.7 Å². The zero-order valence-corrected chi connectivity index (χ0v) is 5.82. The van der Waals surface area contributed by atoms with E-state index in [2.05, 4.69) is 19.1 Å². The fourth-order valence-corrected chi connectivity index (χ4v) is 0.495. The van der Waals surface area contributed by atoms with E-state index in [0.717, 1.165) is 13.2 Å². The molecule has 0 fully saturated rings. The Bertz CT molecular complexity index is 240. The molecule has 11 heavy (non-hydrogen) atoms. The van der Waals surface area contributed by atoms with Gasteiger partial charge < -0.3 is 9.15 Å². The summed E-state index contributed by atoms with van der Waals surface area (Å²) in [6.07, 6.45) is 4.21. The highest BCUT2D eigenvalue weighted by atomic mass is 16.5. The van der Waals surface area contributed by atoms with E-state index in [-0.39, 0.29) is 0 Å². The molecule has 2 heterocycles. The number of ether oxygens (including phenoxy) is 1. The molecule has 0 aromatic carbocycles. The second-order valence-electron chi connectivity index (χ2n) is 1.73. The van der Waals surface area contributed by atoms with Crippen LogP contribution in [-0.2, 0) is 4.74 Å². The number of H-pyrrole nitrogens is 1. The Hall–Kier alpha value is -1.52. The van der Waals surface area contributed by atoms with Crippen molar-refractivity contribution in [3.05, 3.63) is 23.0 Å². The van der Waals surface area contributed by atoms with Crippen LogP contribution in [0.15, 0.2) is 26.7 Å². The number of rotatable bonds is 0. The maximum atomic E-state index is 9.85. The molecule has 2 rings (SSSR count). The van der Waals surface area contributed by atoms with E-state index in [0.29, 0.717) is 0 Å². The summed E-state index contributed by atoms with van der Waals surface area (Å²) < 4.78 is 8.88. The summed E-state index contributed by atoms with van der Waals surface area (Å²) >= 11 is 0. The minimum Gasteiger partial charge on any atom is -0.482 e. The molecule has 0 spiro atoms. The molecule has 0 saturated carbocycles. The van der Waals surface area contributed by atoms with Crippen molar-refractivity contribution in [1.82, 2.24) is 4.98 Å². The molecule has 0 atom stereocenters. The highest BCUT2D eigenvalue weighted by Crippen LogP contribution is 1.78. The topological polar surface area (TPSA) is 67.6 Å². The van der Waals surface area contributed by atoms with Crippen LogP contribution < -0.4 is 5.76 Å². The lowest BCUT2D eigenvalue weighted by Crippen LogP contribution is -1.91. The number of hydrogen-bond donors (Lipinski definition) is 1. The molecule has 1 aromatic heterocycles. The average Bonchev–Trinajstić information content (AvgIpc) is 2.57. The molecule has 0 unspecified atom stereocenters. The van der Waals surface area contributed by atoms with Crippen LogP contribution in [0.2, 0.25) is 0 Å². The van der Waals surface area contributed by atoms with Crippen LogP contribution in [0.4, 0.5) is 0 Å². The van der Waals surface area contributed by atoms with E-state index in [1.54, 1.807) is 0 Å². The molecule has 1 aliphatic heterocycles. The van der Waals surface area contributed by atoms with Crippen LogP contribution in [0.3, 0.4) is 0 Å². The van der Waals surface area contributed by atoms with Crippen molar-refractivity contribution < 1.29 is 9.15 Å². The van der Waals surface area contributed by atoms with Crippen molar-refractivity contribution in [3.63, 3.8) is 0 Å². The molecular weight excluding hydrogens is 148 g/mol. The van der Waals surface area contributed by atoms with E-state index in [9.17, 15) is 4.79 Å². The number of aromatic nitrogens is 1. The molecule has 0 radical (unpaired) electrons. The molecule has 1 N–H and O–H groups in total. The van der Waals surface area contributed by atoms with Gasteiger partial charge in [0, 0.05) is 6.20 Å². The van der Waals surface area contributed by atoms with Gasteiger partial charge in [0.15, 0.2) is 6.40 Å². The molecule has 0 amide bonds. The summed E-state index contributed by atoms with van der Waals surface area (Å²) in [5.74, 6) is -0.407. The van der Waals surface area contributed by atoms with Crippen molar-refractivity contribution in [2.24, 2.45) is 4.99 Å². The SMILES string of the molecule is C1=NCCO1.O=c1[nH]cco1. The predicted octanol–water partition coefficient (Wildman–Crippen LogP) is 0.0128. The third kappa shape index (κ3) is 3.24. The molecule has 60 valence electrons. The van der Waals surface area contributed by atoms with Crippen molar-refractivity contribution in [1.29, 1.82) is 0 Å². The highest BCUT2D eigenvalue weighted by Gasteiger charge is 1.84. The Morgan fingerprint density at radius 2 is 2.55 bits per heavy atom. The van der Waals surface area contributed by atoms with Crippen LogP contribution in [0.1, 0.15) is 0 Å². The van der Waals surface area contributed by atoms with Gasteiger partial charge in [0.05, 0.1) is 6.54 Å². The number of oxazole rings is 1. The third-order valence-electron chi connectivity index (χ3n) is 0.932. The zero-order valence-electron chi connectivity index (χ0n) is 5.82. The predicted molar refractivity (Wildman–Crippen MR) is 38.6 cm³/mol. The van der Waals surface area contributed by atoms with Gasteiger partial charge in [-0.2, -0.15) is 0 Å². The second kappa shape index (κ2) is 4.32. The molecule has 0 bridgehead atoms. The van der Waals surface area contributed by atoms with Gasteiger partial charge in [0.1, 0.15) is 12.9 Å². The summed E-state index contributed by atoms with van der Waals surface area (Å²) in [4.78, 5) is 15.9. The maximum absolute atomic E-state index is 9.85. The molecule has 5 nitrogen and oxygen atoms in total. The summed E-state index contributed by atoms with van der Waals surface area (Å²) in [5.41, 5.74) is 0. The molecular formula is C6H8N2O3. The maximum Gasteiger partial charge on any atom is 0.416 e. The smallest absolute Gasteiger partial charge is 0.416 e. The highest BCUT2D eigenvalue weighted by molar-refractivity contribution is 5.47. The first kappa shape index (κ1) is 7.59. The van der Waals surface area contributed by atoms with Gasteiger partial charge in [0.25, 0.3) is 0 Å². The van der Waals surface area contributed by atoms with Gasteiger partial charge >= 0.3 is 5.76 Å². The van der Waals surface area contributed by atoms with Crippen molar-refractivity contribution in [2.75, 3.05) is 13.2 Å². The van der Waals surface area contributed by atoms with Crippen LogP contribution in [-0.4, -0.2) is 24.5 Å². The van der Waals surface area contributed by atoms with Gasteiger partial charge in [-0.1, -0.05) is 0 Å². The molecule has 0 saturated heterocycles. The van der Waals surface area contributed by atoms with Crippen LogP contribution in [0, 0.1) is 0 Å². The first-order chi connectivity index (χ1) is 5.39. The van der Waals surface area contributed by atoms with Crippen LogP contribution in [0.25, 0.3) is 0 Å². The van der Waals surface area contributed by atoms with Crippen LogP contribution >= 0.6 is 0 Å². The quantitative estimate of drug-likeness (QED) is 0.575. The van der Waals surface area contributed by atoms with Gasteiger partial charge in [0.2, 0.25) is 0 Å². The van der Waals surface area contributed by atoms with Crippen molar-refractivity contribution >= 4 is 6.40 Å². The number of nitrogens with one attached hydrogen (secondary N) is 1. The Kier molecular flexibility index (Phi) is 2.98. The molecule has 1 aliphatic rings. The first-order valence-corrected chi connectivity index (χ1v) is 3.11. The largest absolute Gasteiger partial charge is 0.482 e.